The van der Waals surface area contributed by atoms with E-state index in [-0.39, 0.29) is 0 Å². The van der Waals surface area contributed by atoms with Crippen LogP contribution < -0.4 is 0 Å². The highest BCUT2D eigenvalue weighted by atomic mass is 15.3. The third-order valence-electron chi connectivity index (χ3n) is 1.21. The highest BCUT2D eigenvalue weighted by Crippen LogP contribution is 2.07. The number of rotatable bonds is 1. The monoisotopic (exact) mass is 85.1 g/mol. The van der Waals surface area contributed by atoms with Gasteiger partial charge in [0.2, 0.25) is 0 Å². The van der Waals surface area contributed by atoms with Crippen LogP contribution in [0.15, 0.2) is 0 Å². The molecule has 1 nitrogen and oxygen atoms in total. The Morgan fingerprint density at radius 2 is 1.83 bits per heavy atom. The second-order valence-corrected chi connectivity index (χ2v) is 2.13. The van der Waals surface area contributed by atoms with E-state index < -0.39 is 0 Å². The van der Waals surface area contributed by atoms with Gasteiger partial charge in [-0.3, -0.25) is 4.90 Å². The van der Waals surface area contributed by atoms with Gasteiger partial charge >= 0.3 is 0 Å². The average Bonchev–Trinajstić information content (AvgIpc) is 2.06. The molecule has 36 valence electrons. The van der Waals surface area contributed by atoms with Gasteiger partial charge in [0, 0.05) is 19.1 Å². The molecule has 0 N–H and O–H groups in total. The van der Waals surface area contributed by atoms with Crippen molar-refractivity contribution in [3.05, 3.63) is 0 Å². The molecular formula is C5H11N. The molecule has 1 fully saturated rings. The van der Waals surface area contributed by atoms with Gasteiger partial charge in [0.25, 0.3) is 0 Å². The fraction of sp³-hybridized carbons (Fsp3) is 1.00. The van der Waals surface area contributed by atoms with E-state index in [1.54, 1.807) is 0 Å². The summed E-state index contributed by atoms with van der Waals surface area (Å²) in [6.45, 7) is 7.12. The third kappa shape index (κ3) is 0.716. The minimum atomic E-state index is 0.796. The van der Waals surface area contributed by atoms with Gasteiger partial charge in [0.05, 0.1) is 0 Å². The first kappa shape index (κ1) is 4.13. The van der Waals surface area contributed by atoms with Gasteiger partial charge < -0.3 is 0 Å². The molecule has 0 amide bonds. The molecule has 0 radical (unpaired) electrons. The second-order valence-electron chi connectivity index (χ2n) is 2.13. The fourth-order valence-electron chi connectivity index (χ4n) is 0.574. The lowest BCUT2D eigenvalue weighted by Gasteiger charge is -1.99. The SMILES string of the molecule is CC(C)N1CC1. The highest BCUT2D eigenvalue weighted by molar-refractivity contribution is 4.75. The summed E-state index contributed by atoms with van der Waals surface area (Å²) in [5.41, 5.74) is 0. The summed E-state index contributed by atoms with van der Waals surface area (Å²) in [6, 6.07) is 0.796. The maximum absolute atomic E-state index is 2.42. The lowest BCUT2D eigenvalue weighted by atomic mass is 10.4. The first-order valence-corrected chi connectivity index (χ1v) is 2.55. The Labute approximate surface area is 39.0 Å². The van der Waals surface area contributed by atoms with E-state index in [2.05, 4.69) is 18.7 Å². The second kappa shape index (κ2) is 1.23. The summed E-state index contributed by atoms with van der Waals surface area (Å²) >= 11 is 0. The van der Waals surface area contributed by atoms with Gasteiger partial charge in [0.15, 0.2) is 0 Å². The van der Waals surface area contributed by atoms with Crippen LogP contribution >= 0.6 is 0 Å². The number of hydrogen-bond donors (Lipinski definition) is 0. The van der Waals surface area contributed by atoms with Crippen LogP contribution in [0, 0.1) is 0 Å². The molecule has 1 aliphatic heterocycles. The topological polar surface area (TPSA) is 3.01 Å². The Balaban J connectivity index is 2.13. The van der Waals surface area contributed by atoms with Gasteiger partial charge in [-0.25, -0.2) is 0 Å². The Morgan fingerprint density at radius 3 is 1.83 bits per heavy atom. The molecule has 0 spiro atoms. The van der Waals surface area contributed by atoms with Crippen molar-refractivity contribution < 1.29 is 0 Å². The van der Waals surface area contributed by atoms with E-state index in [1.807, 2.05) is 0 Å². The van der Waals surface area contributed by atoms with Gasteiger partial charge in [-0.15, -0.1) is 0 Å². The molecule has 0 aromatic rings. The van der Waals surface area contributed by atoms with Crippen molar-refractivity contribution in [2.24, 2.45) is 0 Å². The van der Waals surface area contributed by atoms with E-state index in [9.17, 15) is 0 Å². The minimum Gasteiger partial charge on any atom is -0.298 e. The zero-order valence-corrected chi connectivity index (χ0v) is 4.44. The van der Waals surface area contributed by atoms with E-state index >= 15 is 0 Å². The zero-order chi connectivity index (χ0) is 4.57. The molecule has 1 aliphatic rings. The summed E-state index contributed by atoms with van der Waals surface area (Å²) in [5.74, 6) is 0. The van der Waals surface area contributed by atoms with Crippen LogP contribution in [0.3, 0.4) is 0 Å². The Hall–Kier alpha value is -0.0400. The molecule has 0 saturated carbocycles. The quantitative estimate of drug-likeness (QED) is 0.424. The molecule has 0 aromatic carbocycles. The summed E-state index contributed by atoms with van der Waals surface area (Å²) in [5, 5.41) is 0. The van der Waals surface area contributed by atoms with E-state index in [4.69, 9.17) is 0 Å². The molecule has 0 unspecified atom stereocenters. The molecule has 1 heterocycles. The largest absolute Gasteiger partial charge is 0.298 e. The molecule has 0 aliphatic carbocycles. The minimum absolute atomic E-state index is 0.796. The lowest BCUT2D eigenvalue weighted by Crippen LogP contribution is -2.06. The van der Waals surface area contributed by atoms with Crippen LogP contribution in [-0.4, -0.2) is 24.0 Å². The summed E-state index contributed by atoms with van der Waals surface area (Å²) in [4.78, 5) is 2.42. The zero-order valence-electron chi connectivity index (χ0n) is 4.44. The maximum Gasteiger partial charge on any atom is 0.0113 e. The van der Waals surface area contributed by atoms with Crippen molar-refractivity contribution in [1.82, 2.24) is 4.90 Å². The predicted molar refractivity (Wildman–Crippen MR) is 26.7 cm³/mol. The first-order chi connectivity index (χ1) is 2.80. The standard InChI is InChI=1S/C5H11N/c1-5(2)6-3-4-6/h5H,3-4H2,1-2H3. The Morgan fingerprint density at radius 1 is 1.33 bits per heavy atom. The van der Waals surface area contributed by atoms with Crippen molar-refractivity contribution in [3.63, 3.8) is 0 Å². The molecule has 0 aromatic heterocycles. The van der Waals surface area contributed by atoms with Crippen LogP contribution in [0.25, 0.3) is 0 Å². The molecular weight excluding hydrogens is 74.1 g/mol. The van der Waals surface area contributed by atoms with Crippen LogP contribution in [-0.2, 0) is 0 Å². The molecule has 1 rings (SSSR count). The number of nitrogens with zero attached hydrogens (tertiary/aromatic N) is 1. The van der Waals surface area contributed by atoms with Crippen LogP contribution in [0.4, 0.5) is 0 Å². The van der Waals surface area contributed by atoms with Gasteiger partial charge in [0.1, 0.15) is 0 Å². The smallest absolute Gasteiger partial charge is 0.0113 e. The van der Waals surface area contributed by atoms with E-state index in [1.165, 1.54) is 13.1 Å². The Bertz CT molecular complexity index is 45.9. The van der Waals surface area contributed by atoms with Crippen molar-refractivity contribution in [1.29, 1.82) is 0 Å². The molecule has 0 atom stereocenters. The average molecular weight is 85.2 g/mol. The normalized spacial score (nSPS) is 22.5. The highest BCUT2D eigenvalue weighted by Gasteiger charge is 2.19. The van der Waals surface area contributed by atoms with Crippen molar-refractivity contribution >= 4 is 0 Å². The van der Waals surface area contributed by atoms with Gasteiger partial charge in [-0.05, 0) is 13.8 Å². The van der Waals surface area contributed by atoms with Crippen LogP contribution in [0.5, 0.6) is 0 Å². The summed E-state index contributed by atoms with van der Waals surface area (Å²) in [6.07, 6.45) is 0. The maximum atomic E-state index is 2.42. The summed E-state index contributed by atoms with van der Waals surface area (Å²) in [7, 11) is 0. The predicted octanol–water partition coefficient (Wildman–Crippen LogP) is 0.710. The van der Waals surface area contributed by atoms with Crippen LogP contribution in [0.2, 0.25) is 0 Å². The van der Waals surface area contributed by atoms with Crippen molar-refractivity contribution in [3.8, 4) is 0 Å². The molecule has 1 heteroatoms. The van der Waals surface area contributed by atoms with E-state index in [0.717, 1.165) is 6.04 Å². The molecule has 0 bridgehead atoms. The van der Waals surface area contributed by atoms with Crippen molar-refractivity contribution in [2.75, 3.05) is 13.1 Å². The van der Waals surface area contributed by atoms with Gasteiger partial charge in [-0.1, -0.05) is 0 Å². The lowest BCUT2D eigenvalue weighted by molar-refractivity contribution is 0.460. The summed E-state index contributed by atoms with van der Waals surface area (Å²) < 4.78 is 0. The van der Waals surface area contributed by atoms with Gasteiger partial charge in [-0.2, -0.15) is 0 Å². The molecule has 6 heavy (non-hydrogen) atoms. The third-order valence-corrected chi connectivity index (χ3v) is 1.21. The van der Waals surface area contributed by atoms with Crippen LogP contribution in [0.1, 0.15) is 13.8 Å². The Kier molecular flexibility index (Phi) is 0.845. The molecule has 1 saturated heterocycles. The number of hydrogen-bond acceptors (Lipinski definition) is 1. The van der Waals surface area contributed by atoms with E-state index in [0.29, 0.717) is 0 Å². The first-order valence-electron chi connectivity index (χ1n) is 2.55. The fourth-order valence-corrected chi connectivity index (χ4v) is 0.574. The van der Waals surface area contributed by atoms with Crippen molar-refractivity contribution in [2.45, 2.75) is 19.9 Å².